The van der Waals surface area contributed by atoms with E-state index in [0.29, 0.717) is 28.7 Å². The van der Waals surface area contributed by atoms with Crippen LogP contribution in [0.3, 0.4) is 0 Å². The molecule has 2 heterocycles. The zero-order chi connectivity index (χ0) is 21.1. The third kappa shape index (κ3) is 4.10. The summed E-state index contributed by atoms with van der Waals surface area (Å²) < 4.78 is 18.3. The number of methoxy groups -OCH3 is 1. The molecule has 0 aliphatic heterocycles. The quantitative estimate of drug-likeness (QED) is 0.443. The highest BCUT2D eigenvalue weighted by Gasteiger charge is 2.12. The molecule has 0 amide bonds. The van der Waals surface area contributed by atoms with Crippen molar-refractivity contribution in [3.8, 4) is 17.4 Å². The summed E-state index contributed by atoms with van der Waals surface area (Å²) in [5, 5.41) is 0. The molecule has 4 aromatic rings. The van der Waals surface area contributed by atoms with Crippen LogP contribution in [0, 0.1) is 6.92 Å². The predicted octanol–water partition coefficient (Wildman–Crippen LogP) is 4.43. The summed E-state index contributed by atoms with van der Waals surface area (Å²) >= 11 is 0. The van der Waals surface area contributed by atoms with Crippen molar-refractivity contribution < 1.29 is 19.0 Å². The smallest absolute Gasteiger partial charge is 0.337 e. The van der Waals surface area contributed by atoms with Crippen LogP contribution in [0.2, 0.25) is 0 Å². The number of aromatic nitrogens is 3. The van der Waals surface area contributed by atoms with E-state index in [1.54, 1.807) is 30.3 Å². The van der Waals surface area contributed by atoms with Crippen LogP contribution in [0.4, 0.5) is 0 Å². The number of ether oxygens (including phenoxy) is 3. The number of aryl methyl sites for hydroxylation is 2. The number of carbonyl (C=O) groups excluding carboxylic acids is 1. The number of hydrogen-bond acceptors (Lipinski definition) is 6. The van der Waals surface area contributed by atoms with Crippen LogP contribution in [-0.2, 0) is 18.4 Å². The van der Waals surface area contributed by atoms with Gasteiger partial charge in [0.2, 0.25) is 5.88 Å². The van der Waals surface area contributed by atoms with Crippen LogP contribution >= 0.6 is 0 Å². The van der Waals surface area contributed by atoms with Crippen LogP contribution in [0.5, 0.6) is 17.4 Å². The van der Waals surface area contributed by atoms with Gasteiger partial charge in [0.15, 0.2) is 5.65 Å². The van der Waals surface area contributed by atoms with E-state index in [1.165, 1.54) is 12.7 Å². The number of nitrogens with zero attached hydrogens (tertiary/aromatic N) is 3. The standard InChI is InChI=1S/C23H21N3O4/c1-15-7-9-17(10-8-15)30-21-12-11-19-22(25-21)26(2)20(24-19)14-29-18-6-4-5-16(13-18)23(27)28-3/h4-13H,14H2,1-3H3. The van der Waals surface area contributed by atoms with E-state index < -0.39 is 5.97 Å². The van der Waals surface area contributed by atoms with Crippen molar-refractivity contribution in [3.05, 3.63) is 77.6 Å². The first-order valence-corrected chi connectivity index (χ1v) is 9.41. The Labute approximate surface area is 173 Å². The van der Waals surface area contributed by atoms with E-state index >= 15 is 0 Å². The molecule has 0 fully saturated rings. The van der Waals surface area contributed by atoms with Gasteiger partial charge in [-0.15, -0.1) is 0 Å². The molecule has 0 aliphatic carbocycles. The van der Waals surface area contributed by atoms with E-state index in [0.717, 1.165) is 11.3 Å². The summed E-state index contributed by atoms with van der Waals surface area (Å²) in [5.74, 6) is 2.07. The summed E-state index contributed by atoms with van der Waals surface area (Å²) in [7, 11) is 3.22. The Balaban J connectivity index is 1.52. The number of rotatable bonds is 6. The van der Waals surface area contributed by atoms with Gasteiger partial charge in [-0.2, -0.15) is 4.98 Å². The molecule has 0 bridgehead atoms. The highest BCUT2D eigenvalue weighted by Crippen LogP contribution is 2.23. The summed E-state index contributed by atoms with van der Waals surface area (Å²) in [6, 6.07) is 18.3. The van der Waals surface area contributed by atoms with E-state index in [2.05, 4.69) is 9.97 Å². The van der Waals surface area contributed by atoms with Gasteiger partial charge in [0, 0.05) is 13.1 Å². The second kappa shape index (κ2) is 8.24. The van der Waals surface area contributed by atoms with Crippen molar-refractivity contribution >= 4 is 17.1 Å². The van der Waals surface area contributed by atoms with Crippen LogP contribution in [-0.4, -0.2) is 27.6 Å². The number of carbonyl (C=O) groups is 1. The molecule has 7 heteroatoms. The Morgan fingerprint density at radius 1 is 1.00 bits per heavy atom. The zero-order valence-corrected chi connectivity index (χ0v) is 17.0. The lowest BCUT2D eigenvalue weighted by Gasteiger charge is -2.08. The van der Waals surface area contributed by atoms with Crippen LogP contribution in [0.25, 0.3) is 11.2 Å². The van der Waals surface area contributed by atoms with Gasteiger partial charge in [0.05, 0.1) is 12.7 Å². The maximum atomic E-state index is 11.7. The van der Waals surface area contributed by atoms with Crippen molar-refractivity contribution in [1.29, 1.82) is 0 Å². The summed E-state index contributed by atoms with van der Waals surface area (Å²) in [4.78, 5) is 20.8. The third-order valence-corrected chi connectivity index (χ3v) is 4.65. The lowest BCUT2D eigenvalue weighted by molar-refractivity contribution is 0.0600. The number of fused-ring (bicyclic) bond motifs is 1. The highest BCUT2D eigenvalue weighted by molar-refractivity contribution is 5.89. The van der Waals surface area contributed by atoms with E-state index in [9.17, 15) is 4.79 Å². The van der Waals surface area contributed by atoms with Gasteiger partial charge in [-0.25, -0.2) is 9.78 Å². The van der Waals surface area contributed by atoms with E-state index in [1.807, 2.05) is 48.9 Å². The normalized spacial score (nSPS) is 10.8. The number of imidazole rings is 1. The van der Waals surface area contributed by atoms with Crippen molar-refractivity contribution in [2.45, 2.75) is 13.5 Å². The first kappa shape index (κ1) is 19.4. The Morgan fingerprint density at radius 3 is 2.57 bits per heavy atom. The molecule has 0 N–H and O–H groups in total. The van der Waals surface area contributed by atoms with Gasteiger partial charge in [0.1, 0.15) is 29.4 Å². The molecule has 4 rings (SSSR count). The largest absolute Gasteiger partial charge is 0.486 e. The summed E-state index contributed by atoms with van der Waals surface area (Å²) in [5.41, 5.74) is 3.04. The second-order valence-corrected chi connectivity index (χ2v) is 6.80. The minimum atomic E-state index is -0.409. The molecule has 152 valence electrons. The van der Waals surface area contributed by atoms with Crippen LogP contribution < -0.4 is 9.47 Å². The topological polar surface area (TPSA) is 75.5 Å². The minimum Gasteiger partial charge on any atom is -0.486 e. The van der Waals surface area contributed by atoms with E-state index in [4.69, 9.17) is 14.2 Å². The molecule has 0 radical (unpaired) electrons. The van der Waals surface area contributed by atoms with Gasteiger partial charge in [-0.05, 0) is 43.3 Å². The summed E-state index contributed by atoms with van der Waals surface area (Å²) in [6.07, 6.45) is 0. The second-order valence-electron chi connectivity index (χ2n) is 6.80. The third-order valence-electron chi connectivity index (χ3n) is 4.65. The molecule has 0 unspecified atom stereocenters. The van der Waals surface area contributed by atoms with Crippen LogP contribution in [0.1, 0.15) is 21.7 Å². The first-order valence-electron chi connectivity index (χ1n) is 9.41. The Morgan fingerprint density at radius 2 is 1.80 bits per heavy atom. The Bertz CT molecular complexity index is 1200. The van der Waals surface area contributed by atoms with Crippen molar-refractivity contribution in [2.75, 3.05) is 7.11 Å². The van der Waals surface area contributed by atoms with Crippen molar-refractivity contribution in [2.24, 2.45) is 7.05 Å². The molecule has 0 saturated heterocycles. The maximum absolute atomic E-state index is 11.7. The SMILES string of the molecule is COC(=O)c1cccc(OCc2nc3ccc(Oc4ccc(C)cc4)nc3n2C)c1. The van der Waals surface area contributed by atoms with Gasteiger partial charge in [-0.3, -0.25) is 0 Å². The van der Waals surface area contributed by atoms with Gasteiger partial charge >= 0.3 is 5.97 Å². The number of esters is 1. The first-order chi connectivity index (χ1) is 14.5. The van der Waals surface area contributed by atoms with Gasteiger partial charge in [-0.1, -0.05) is 23.8 Å². The minimum absolute atomic E-state index is 0.228. The molecule has 7 nitrogen and oxygen atoms in total. The molecular formula is C23H21N3O4. The average molecular weight is 403 g/mol. The molecular weight excluding hydrogens is 382 g/mol. The van der Waals surface area contributed by atoms with Crippen molar-refractivity contribution in [1.82, 2.24) is 14.5 Å². The lowest BCUT2D eigenvalue weighted by atomic mass is 10.2. The van der Waals surface area contributed by atoms with Gasteiger partial charge in [0.25, 0.3) is 0 Å². The molecule has 30 heavy (non-hydrogen) atoms. The molecule has 2 aromatic heterocycles. The molecule has 0 spiro atoms. The van der Waals surface area contributed by atoms with E-state index in [-0.39, 0.29) is 6.61 Å². The zero-order valence-electron chi connectivity index (χ0n) is 17.0. The van der Waals surface area contributed by atoms with Gasteiger partial charge < -0.3 is 18.8 Å². The number of pyridine rings is 1. The fourth-order valence-corrected chi connectivity index (χ4v) is 2.99. The Hall–Kier alpha value is -3.87. The summed E-state index contributed by atoms with van der Waals surface area (Å²) in [6.45, 7) is 2.25. The highest BCUT2D eigenvalue weighted by atomic mass is 16.5. The maximum Gasteiger partial charge on any atom is 0.337 e. The Kier molecular flexibility index (Phi) is 5.34. The average Bonchev–Trinajstić information content (AvgIpc) is 3.08. The number of benzene rings is 2. The fourth-order valence-electron chi connectivity index (χ4n) is 2.99. The fraction of sp³-hybridized carbons (Fsp3) is 0.174. The lowest BCUT2D eigenvalue weighted by Crippen LogP contribution is -2.05. The van der Waals surface area contributed by atoms with Crippen LogP contribution in [0.15, 0.2) is 60.7 Å². The molecule has 0 atom stereocenters. The predicted molar refractivity (Wildman–Crippen MR) is 112 cm³/mol. The number of hydrogen-bond donors (Lipinski definition) is 0. The molecule has 0 aliphatic rings. The molecule has 2 aromatic carbocycles. The van der Waals surface area contributed by atoms with Crippen molar-refractivity contribution in [3.63, 3.8) is 0 Å². The molecule has 0 saturated carbocycles. The monoisotopic (exact) mass is 403 g/mol.